The molecular formula is C20H26N2O4. The van der Waals surface area contributed by atoms with Gasteiger partial charge in [-0.2, -0.15) is 0 Å². The van der Waals surface area contributed by atoms with E-state index < -0.39 is 0 Å². The van der Waals surface area contributed by atoms with Crippen molar-refractivity contribution in [3.05, 3.63) is 47.8 Å². The van der Waals surface area contributed by atoms with Crippen molar-refractivity contribution < 1.29 is 18.4 Å². The van der Waals surface area contributed by atoms with Crippen molar-refractivity contribution >= 4 is 11.8 Å². The maximum atomic E-state index is 12.9. The normalized spacial score (nSPS) is 15.2. The van der Waals surface area contributed by atoms with E-state index in [2.05, 4.69) is 6.92 Å². The van der Waals surface area contributed by atoms with E-state index in [0.717, 1.165) is 25.9 Å². The van der Waals surface area contributed by atoms with Gasteiger partial charge in [-0.25, -0.2) is 0 Å². The predicted octanol–water partition coefficient (Wildman–Crippen LogP) is 3.47. The second kappa shape index (κ2) is 8.25. The third kappa shape index (κ3) is 4.36. The molecule has 6 nitrogen and oxygen atoms in total. The number of rotatable bonds is 6. The molecule has 26 heavy (non-hydrogen) atoms. The van der Waals surface area contributed by atoms with Gasteiger partial charge in [0.15, 0.2) is 0 Å². The zero-order valence-electron chi connectivity index (χ0n) is 15.4. The maximum Gasteiger partial charge on any atom is 0.257 e. The number of carbonyl (C=O) groups excluding carboxylic acids is 2. The van der Waals surface area contributed by atoms with E-state index in [9.17, 15) is 9.59 Å². The van der Waals surface area contributed by atoms with Gasteiger partial charge in [0.05, 0.1) is 24.6 Å². The van der Waals surface area contributed by atoms with Crippen LogP contribution in [0, 0.1) is 12.8 Å². The molecule has 0 saturated carbocycles. The van der Waals surface area contributed by atoms with E-state index in [1.54, 1.807) is 30.2 Å². The van der Waals surface area contributed by atoms with Gasteiger partial charge < -0.3 is 18.6 Å². The number of carbonyl (C=O) groups is 2. The van der Waals surface area contributed by atoms with Crippen LogP contribution in [0.25, 0.3) is 0 Å². The summed E-state index contributed by atoms with van der Waals surface area (Å²) < 4.78 is 10.6. The third-order valence-corrected chi connectivity index (χ3v) is 5.04. The molecule has 1 saturated heterocycles. The van der Waals surface area contributed by atoms with Crippen LogP contribution in [0.4, 0.5) is 0 Å². The van der Waals surface area contributed by atoms with Gasteiger partial charge in [-0.3, -0.25) is 9.59 Å². The van der Waals surface area contributed by atoms with Crippen LogP contribution in [0.2, 0.25) is 0 Å². The molecule has 140 valence electrons. The van der Waals surface area contributed by atoms with Gasteiger partial charge in [0.25, 0.3) is 5.91 Å². The average Bonchev–Trinajstić information content (AvgIpc) is 3.30. The molecule has 1 fully saturated rings. The molecule has 3 rings (SSSR count). The molecule has 3 heterocycles. The Labute approximate surface area is 153 Å². The van der Waals surface area contributed by atoms with E-state index >= 15 is 0 Å². The van der Waals surface area contributed by atoms with Crippen molar-refractivity contribution in [2.75, 3.05) is 19.6 Å². The largest absolute Gasteiger partial charge is 0.469 e. The fraction of sp³-hybridized carbons (Fsp3) is 0.500. The Hall–Kier alpha value is -2.50. The number of furan rings is 2. The van der Waals surface area contributed by atoms with Gasteiger partial charge in [-0.15, -0.1) is 0 Å². The van der Waals surface area contributed by atoms with Crippen molar-refractivity contribution in [3.8, 4) is 0 Å². The first kappa shape index (κ1) is 18.3. The van der Waals surface area contributed by atoms with E-state index in [0.29, 0.717) is 42.5 Å². The smallest absolute Gasteiger partial charge is 0.257 e. The van der Waals surface area contributed by atoms with Gasteiger partial charge in [0.1, 0.15) is 11.5 Å². The number of nitrogens with zero attached hydrogens (tertiary/aromatic N) is 2. The second-order valence-electron chi connectivity index (χ2n) is 7.01. The van der Waals surface area contributed by atoms with Gasteiger partial charge >= 0.3 is 0 Å². The number of hydrogen-bond donors (Lipinski definition) is 0. The highest BCUT2D eigenvalue weighted by molar-refractivity contribution is 5.95. The standard InChI is InChI=1S/C20H26N2O4/c1-15-5-9-21(10-6-15)19(23)7-11-22(14-17-4-3-12-26-17)20(24)18-8-13-25-16(18)2/h3-4,8,12-13,15H,5-7,9-11,14H2,1-2H3. The van der Waals surface area contributed by atoms with E-state index in [1.165, 1.54) is 6.26 Å². The van der Waals surface area contributed by atoms with E-state index in [-0.39, 0.29) is 11.8 Å². The Morgan fingerprint density at radius 3 is 2.58 bits per heavy atom. The van der Waals surface area contributed by atoms with Crippen LogP contribution in [0.1, 0.15) is 48.1 Å². The fourth-order valence-electron chi connectivity index (χ4n) is 3.27. The first-order valence-corrected chi connectivity index (χ1v) is 9.18. The predicted molar refractivity (Wildman–Crippen MR) is 96.5 cm³/mol. The summed E-state index contributed by atoms with van der Waals surface area (Å²) in [5.41, 5.74) is 0.524. The second-order valence-corrected chi connectivity index (χ2v) is 7.01. The molecule has 0 radical (unpaired) electrons. The topological polar surface area (TPSA) is 66.9 Å². The molecule has 2 aromatic heterocycles. The fourth-order valence-corrected chi connectivity index (χ4v) is 3.27. The molecule has 1 aliphatic rings. The molecule has 1 aliphatic heterocycles. The van der Waals surface area contributed by atoms with Crippen molar-refractivity contribution in [1.29, 1.82) is 0 Å². The number of aryl methyl sites for hydroxylation is 1. The lowest BCUT2D eigenvalue weighted by Crippen LogP contribution is -2.40. The maximum absolute atomic E-state index is 12.9. The molecule has 2 aromatic rings. The Bertz CT molecular complexity index is 727. The van der Waals surface area contributed by atoms with Gasteiger partial charge in [-0.1, -0.05) is 6.92 Å². The highest BCUT2D eigenvalue weighted by Gasteiger charge is 2.24. The van der Waals surface area contributed by atoms with Crippen LogP contribution in [0.5, 0.6) is 0 Å². The summed E-state index contributed by atoms with van der Waals surface area (Å²) in [5.74, 6) is 1.92. The molecule has 0 bridgehead atoms. The number of piperidine rings is 1. The number of hydrogen-bond acceptors (Lipinski definition) is 4. The molecule has 0 atom stereocenters. The minimum absolute atomic E-state index is 0.109. The summed E-state index contributed by atoms with van der Waals surface area (Å²) in [6.45, 7) is 6.30. The van der Waals surface area contributed by atoms with Crippen molar-refractivity contribution in [3.63, 3.8) is 0 Å². The molecule has 0 spiro atoms. The summed E-state index contributed by atoms with van der Waals surface area (Å²) in [6, 6.07) is 5.29. The SMILES string of the molecule is Cc1occc1C(=O)N(CCC(=O)N1CCC(C)CC1)Cc1ccco1. The molecule has 2 amide bonds. The van der Waals surface area contributed by atoms with Crippen molar-refractivity contribution in [2.24, 2.45) is 5.92 Å². The lowest BCUT2D eigenvalue weighted by molar-refractivity contribution is -0.132. The molecule has 0 unspecified atom stereocenters. The zero-order chi connectivity index (χ0) is 18.5. The Kier molecular flexibility index (Phi) is 5.81. The Balaban J connectivity index is 1.64. The van der Waals surface area contributed by atoms with Crippen LogP contribution in [0.3, 0.4) is 0 Å². The monoisotopic (exact) mass is 358 g/mol. The highest BCUT2D eigenvalue weighted by Crippen LogP contribution is 2.18. The van der Waals surface area contributed by atoms with E-state index in [4.69, 9.17) is 8.83 Å². The molecule has 0 N–H and O–H groups in total. The summed E-state index contributed by atoms with van der Waals surface area (Å²) in [6.07, 6.45) is 5.51. The highest BCUT2D eigenvalue weighted by atomic mass is 16.3. The summed E-state index contributed by atoms with van der Waals surface area (Å²) >= 11 is 0. The lowest BCUT2D eigenvalue weighted by Gasteiger charge is -2.31. The molecule has 0 aromatic carbocycles. The van der Waals surface area contributed by atoms with Crippen molar-refractivity contribution in [1.82, 2.24) is 9.80 Å². The minimum atomic E-state index is -0.146. The molecule has 0 aliphatic carbocycles. The quantitative estimate of drug-likeness (QED) is 0.793. The molecular weight excluding hydrogens is 332 g/mol. The zero-order valence-corrected chi connectivity index (χ0v) is 15.4. The van der Waals surface area contributed by atoms with Crippen LogP contribution in [-0.2, 0) is 11.3 Å². The average molecular weight is 358 g/mol. The van der Waals surface area contributed by atoms with Crippen LogP contribution in [-0.4, -0.2) is 41.2 Å². The molecule has 6 heteroatoms. The van der Waals surface area contributed by atoms with Crippen LogP contribution < -0.4 is 0 Å². The van der Waals surface area contributed by atoms with Crippen LogP contribution >= 0.6 is 0 Å². The Morgan fingerprint density at radius 1 is 1.19 bits per heavy atom. The number of amides is 2. The van der Waals surface area contributed by atoms with Gasteiger partial charge in [0, 0.05) is 26.1 Å². The Morgan fingerprint density at radius 2 is 1.96 bits per heavy atom. The summed E-state index contributed by atoms with van der Waals surface area (Å²) in [7, 11) is 0. The van der Waals surface area contributed by atoms with Crippen molar-refractivity contribution in [2.45, 2.75) is 39.7 Å². The first-order valence-electron chi connectivity index (χ1n) is 9.18. The number of likely N-dealkylation sites (tertiary alicyclic amines) is 1. The lowest BCUT2D eigenvalue weighted by atomic mass is 9.99. The van der Waals surface area contributed by atoms with Crippen LogP contribution in [0.15, 0.2) is 39.6 Å². The van der Waals surface area contributed by atoms with Gasteiger partial charge in [0.2, 0.25) is 5.91 Å². The summed E-state index contributed by atoms with van der Waals surface area (Å²) in [5, 5.41) is 0. The van der Waals surface area contributed by atoms with E-state index in [1.807, 2.05) is 11.0 Å². The first-order chi connectivity index (χ1) is 12.5. The third-order valence-electron chi connectivity index (χ3n) is 5.04. The van der Waals surface area contributed by atoms with Gasteiger partial charge in [-0.05, 0) is 43.9 Å². The minimum Gasteiger partial charge on any atom is -0.469 e. The summed E-state index contributed by atoms with van der Waals surface area (Å²) in [4.78, 5) is 29.0.